The molecule has 0 unspecified atom stereocenters. The number of sulfonamides is 1. The molecule has 2 aromatic carbocycles. The number of hydrazone groups is 1. The maximum atomic E-state index is 11.8. The first kappa shape index (κ1) is 13.9. The maximum Gasteiger partial charge on any atom is 0.276 e. The van der Waals surface area contributed by atoms with Crippen LogP contribution >= 0.6 is 0 Å². The van der Waals surface area contributed by atoms with Gasteiger partial charge in [-0.1, -0.05) is 24.3 Å². The van der Waals surface area contributed by atoms with Gasteiger partial charge >= 0.3 is 0 Å². The van der Waals surface area contributed by atoms with Crippen molar-refractivity contribution in [3.63, 3.8) is 0 Å². The number of hydrogen-bond acceptors (Lipinski definition) is 5. The maximum absolute atomic E-state index is 11.8. The molecule has 0 aliphatic rings. The Kier molecular flexibility index (Phi) is 3.90. The number of nitrogens with zero attached hydrogens (tertiary/aromatic N) is 1. The molecule has 0 spiro atoms. The Labute approximate surface area is 116 Å². The molecule has 7 heteroatoms. The summed E-state index contributed by atoms with van der Waals surface area (Å²) in [5.41, 5.74) is 0.195. The number of phenols is 2. The first-order chi connectivity index (χ1) is 9.50. The van der Waals surface area contributed by atoms with Crippen LogP contribution in [-0.4, -0.2) is 24.8 Å². The molecule has 2 rings (SSSR count). The van der Waals surface area contributed by atoms with E-state index in [0.717, 1.165) is 6.21 Å². The molecule has 0 saturated carbocycles. The van der Waals surface area contributed by atoms with Gasteiger partial charge in [0.05, 0.1) is 11.1 Å². The van der Waals surface area contributed by atoms with Crippen LogP contribution in [0, 0.1) is 0 Å². The second-order valence-corrected chi connectivity index (χ2v) is 5.54. The van der Waals surface area contributed by atoms with Gasteiger partial charge in [-0.2, -0.15) is 13.5 Å². The third-order valence-electron chi connectivity index (χ3n) is 2.48. The summed E-state index contributed by atoms with van der Waals surface area (Å²) >= 11 is 0. The van der Waals surface area contributed by atoms with Crippen LogP contribution in [0.1, 0.15) is 5.56 Å². The molecular formula is C13H12N2O4S. The van der Waals surface area contributed by atoms with Crippen LogP contribution in [0.5, 0.6) is 11.5 Å². The first-order valence-electron chi connectivity index (χ1n) is 5.61. The molecule has 20 heavy (non-hydrogen) atoms. The number of phenolic OH excluding ortho intramolecular Hbond substituents is 2. The average Bonchev–Trinajstić information content (AvgIpc) is 2.44. The fourth-order valence-electron chi connectivity index (χ4n) is 1.47. The summed E-state index contributed by atoms with van der Waals surface area (Å²) in [5, 5.41) is 22.4. The molecule has 0 amide bonds. The summed E-state index contributed by atoms with van der Waals surface area (Å²) in [6.45, 7) is 0. The van der Waals surface area contributed by atoms with E-state index in [9.17, 15) is 18.6 Å². The zero-order chi connectivity index (χ0) is 14.6. The van der Waals surface area contributed by atoms with Crippen molar-refractivity contribution in [2.45, 2.75) is 4.90 Å². The van der Waals surface area contributed by atoms with Crippen molar-refractivity contribution < 1.29 is 18.6 Å². The molecule has 0 bridgehead atoms. The molecule has 104 valence electrons. The summed E-state index contributed by atoms with van der Waals surface area (Å²) in [7, 11) is -3.75. The lowest BCUT2D eigenvalue weighted by Crippen LogP contribution is -2.18. The summed E-state index contributed by atoms with van der Waals surface area (Å²) in [6, 6.07) is 12.1. The molecule has 2 aromatic rings. The van der Waals surface area contributed by atoms with Gasteiger partial charge in [0.15, 0.2) is 11.5 Å². The molecule has 6 nitrogen and oxygen atoms in total. The van der Waals surface area contributed by atoms with Crippen molar-refractivity contribution in [3.8, 4) is 11.5 Å². The van der Waals surface area contributed by atoms with E-state index in [1.165, 1.54) is 30.3 Å². The predicted octanol–water partition coefficient (Wildman–Crippen LogP) is 1.41. The lowest BCUT2D eigenvalue weighted by atomic mass is 10.2. The van der Waals surface area contributed by atoms with Gasteiger partial charge in [-0.15, -0.1) is 0 Å². The Balaban J connectivity index is 2.16. The van der Waals surface area contributed by atoms with Crippen molar-refractivity contribution in [2.24, 2.45) is 5.10 Å². The van der Waals surface area contributed by atoms with Crippen LogP contribution in [-0.2, 0) is 10.0 Å². The van der Waals surface area contributed by atoms with Gasteiger partial charge in [0.25, 0.3) is 10.0 Å². The number of hydrogen-bond donors (Lipinski definition) is 3. The summed E-state index contributed by atoms with van der Waals surface area (Å²) in [5.74, 6) is -0.671. The lowest BCUT2D eigenvalue weighted by Gasteiger charge is -2.03. The van der Waals surface area contributed by atoms with Crippen LogP contribution in [0.2, 0.25) is 0 Å². The Bertz CT molecular complexity index is 727. The van der Waals surface area contributed by atoms with Crippen LogP contribution in [0.25, 0.3) is 0 Å². The zero-order valence-electron chi connectivity index (χ0n) is 10.3. The van der Waals surface area contributed by atoms with Crippen molar-refractivity contribution >= 4 is 16.2 Å². The molecule has 0 saturated heterocycles. The molecular weight excluding hydrogens is 280 g/mol. The third-order valence-corrected chi connectivity index (χ3v) is 3.71. The van der Waals surface area contributed by atoms with Gasteiger partial charge in [0.1, 0.15) is 0 Å². The molecule has 0 radical (unpaired) electrons. The van der Waals surface area contributed by atoms with Crippen LogP contribution in [0.4, 0.5) is 0 Å². The highest BCUT2D eigenvalue weighted by atomic mass is 32.2. The topological polar surface area (TPSA) is 99.0 Å². The van der Waals surface area contributed by atoms with E-state index < -0.39 is 10.0 Å². The number of nitrogens with one attached hydrogen (secondary N) is 1. The van der Waals surface area contributed by atoms with Crippen LogP contribution < -0.4 is 4.83 Å². The minimum atomic E-state index is -3.75. The van der Waals surface area contributed by atoms with Crippen molar-refractivity contribution in [1.29, 1.82) is 0 Å². The normalized spacial score (nSPS) is 11.6. The predicted molar refractivity (Wildman–Crippen MR) is 74.1 cm³/mol. The van der Waals surface area contributed by atoms with Crippen molar-refractivity contribution in [3.05, 3.63) is 54.1 Å². The van der Waals surface area contributed by atoms with Gasteiger partial charge in [-0.3, -0.25) is 0 Å². The number of rotatable bonds is 4. The molecule has 3 N–H and O–H groups in total. The highest BCUT2D eigenvalue weighted by Crippen LogP contribution is 2.26. The highest BCUT2D eigenvalue weighted by molar-refractivity contribution is 7.89. The third kappa shape index (κ3) is 3.07. The van der Waals surface area contributed by atoms with Gasteiger partial charge < -0.3 is 10.2 Å². The summed E-state index contributed by atoms with van der Waals surface area (Å²) < 4.78 is 23.7. The van der Waals surface area contributed by atoms with E-state index >= 15 is 0 Å². The SMILES string of the molecule is O=S(=O)(NN=Cc1cccc(O)c1O)c1ccccc1. The lowest BCUT2D eigenvalue weighted by molar-refractivity contribution is 0.403. The molecule has 0 aliphatic carbocycles. The smallest absolute Gasteiger partial charge is 0.276 e. The summed E-state index contributed by atoms with van der Waals surface area (Å²) in [4.78, 5) is 2.10. The average molecular weight is 292 g/mol. The second kappa shape index (κ2) is 5.62. The van der Waals surface area contributed by atoms with Gasteiger partial charge in [-0.05, 0) is 24.3 Å². The van der Waals surface area contributed by atoms with Crippen LogP contribution in [0.3, 0.4) is 0 Å². The number of aromatic hydroxyl groups is 2. The molecule has 0 aliphatic heterocycles. The quantitative estimate of drug-likeness (QED) is 0.451. The second-order valence-electron chi connectivity index (χ2n) is 3.88. The van der Waals surface area contributed by atoms with E-state index in [-0.39, 0.29) is 22.0 Å². The largest absolute Gasteiger partial charge is 0.504 e. The van der Waals surface area contributed by atoms with Crippen LogP contribution in [0.15, 0.2) is 58.5 Å². The molecule has 0 heterocycles. The standard InChI is InChI=1S/C13H12N2O4S/c16-12-8-4-5-10(13(12)17)9-14-15-20(18,19)11-6-2-1-3-7-11/h1-9,15-17H. The molecule has 0 atom stereocenters. The minimum Gasteiger partial charge on any atom is -0.504 e. The van der Waals surface area contributed by atoms with E-state index in [2.05, 4.69) is 5.10 Å². The fourth-order valence-corrected chi connectivity index (χ4v) is 2.28. The van der Waals surface area contributed by atoms with Crippen molar-refractivity contribution in [1.82, 2.24) is 4.83 Å². The molecule has 0 fully saturated rings. The minimum absolute atomic E-state index is 0.0808. The summed E-state index contributed by atoms with van der Waals surface area (Å²) in [6.07, 6.45) is 1.11. The monoisotopic (exact) mass is 292 g/mol. The zero-order valence-corrected chi connectivity index (χ0v) is 11.1. The van der Waals surface area contributed by atoms with Gasteiger partial charge in [0.2, 0.25) is 0 Å². The first-order valence-corrected chi connectivity index (χ1v) is 7.10. The van der Waals surface area contributed by atoms with Crippen molar-refractivity contribution in [2.75, 3.05) is 0 Å². The Morgan fingerprint density at radius 3 is 2.40 bits per heavy atom. The number of para-hydroxylation sites is 1. The van der Waals surface area contributed by atoms with E-state index in [0.29, 0.717) is 0 Å². The Morgan fingerprint density at radius 1 is 1.00 bits per heavy atom. The van der Waals surface area contributed by atoms with E-state index in [1.54, 1.807) is 18.2 Å². The number of benzene rings is 2. The fraction of sp³-hybridized carbons (Fsp3) is 0. The van der Waals surface area contributed by atoms with E-state index in [1.807, 2.05) is 4.83 Å². The van der Waals surface area contributed by atoms with Gasteiger partial charge in [-0.25, -0.2) is 4.83 Å². The Morgan fingerprint density at radius 2 is 1.70 bits per heavy atom. The molecule has 0 aromatic heterocycles. The van der Waals surface area contributed by atoms with Gasteiger partial charge in [0, 0.05) is 5.56 Å². The Hall–Kier alpha value is -2.54. The van der Waals surface area contributed by atoms with E-state index in [4.69, 9.17) is 0 Å². The highest BCUT2D eigenvalue weighted by Gasteiger charge is 2.11.